The fraction of sp³-hybridized carbons (Fsp3) is 0.533. The molecular weight excluding hydrogens is 224 g/mol. The van der Waals surface area contributed by atoms with E-state index in [1.165, 1.54) is 11.1 Å². The van der Waals surface area contributed by atoms with Crippen LogP contribution in [-0.4, -0.2) is 29.9 Å². The number of carbonyl (C=O) groups excluding carboxylic acids is 1. The van der Waals surface area contributed by atoms with Gasteiger partial charge >= 0.3 is 0 Å². The Morgan fingerprint density at radius 1 is 1.39 bits per heavy atom. The number of nitrogens with zero attached hydrogens (tertiary/aromatic N) is 1. The second-order valence-electron chi connectivity index (χ2n) is 5.51. The van der Waals surface area contributed by atoms with Crippen molar-refractivity contribution in [3.63, 3.8) is 0 Å². The Bertz CT molecular complexity index is 419. The molecule has 1 amide bonds. The molecule has 0 aromatic heterocycles. The van der Waals surface area contributed by atoms with Gasteiger partial charge in [-0.25, -0.2) is 0 Å². The lowest BCUT2D eigenvalue weighted by Gasteiger charge is -2.29. The standard InChI is InChI=1S/C15H22N2O/c1-12-5-7-13(8-6-12)11-17(3)14(18)15(2)9-4-10-16-15/h5-8,16H,4,9-11H2,1-3H3. The molecule has 0 saturated carbocycles. The largest absolute Gasteiger partial charge is 0.340 e. The number of aryl methyl sites for hydroxylation is 1. The van der Waals surface area contributed by atoms with Gasteiger partial charge in [0.1, 0.15) is 0 Å². The molecule has 1 heterocycles. The van der Waals surface area contributed by atoms with Crippen LogP contribution in [0.2, 0.25) is 0 Å². The van der Waals surface area contributed by atoms with Crippen molar-refractivity contribution in [2.24, 2.45) is 0 Å². The maximum atomic E-state index is 12.4. The van der Waals surface area contributed by atoms with Crippen molar-refractivity contribution in [1.82, 2.24) is 10.2 Å². The van der Waals surface area contributed by atoms with Gasteiger partial charge in [0.15, 0.2) is 0 Å². The molecule has 0 aliphatic carbocycles. The van der Waals surface area contributed by atoms with Crippen molar-refractivity contribution < 1.29 is 4.79 Å². The predicted molar refractivity (Wildman–Crippen MR) is 73.3 cm³/mol. The summed E-state index contributed by atoms with van der Waals surface area (Å²) in [6.45, 7) is 5.70. The Morgan fingerprint density at radius 2 is 2.06 bits per heavy atom. The predicted octanol–water partition coefficient (Wildman–Crippen LogP) is 2.10. The maximum absolute atomic E-state index is 12.4. The van der Waals surface area contributed by atoms with Gasteiger partial charge in [-0.05, 0) is 38.8 Å². The molecule has 0 bridgehead atoms. The van der Waals surface area contributed by atoms with Crippen LogP contribution in [0.1, 0.15) is 30.9 Å². The fourth-order valence-electron chi connectivity index (χ4n) is 2.54. The Balaban J connectivity index is 2.01. The molecule has 1 aliphatic rings. The fourth-order valence-corrected chi connectivity index (χ4v) is 2.54. The van der Waals surface area contributed by atoms with E-state index in [1.54, 1.807) is 0 Å². The molecule has 1 unspecified atom stereocenters. The highest BCUT2D eigenvalue weighted by Crippen LogP contribution is 2.21. The van der Waals surface area contributed by atoms with Gasteiger partial charge in [-0.1, -0.05) is 29.8 Å². The van der Waals surface area contributed by atoms with Crippen LogP contribution in [0.5, 0.6) is 0 Å². The third kappa shape index (κ3) is 2.72. The Hall–Kier alpha value is -1.35. The molecule has 1 atom stereocenters. The summed E-state index contributed by atoms with van der Waals surface area (Å²) in [6.07, 6.45) is 2.02. The molecule has 1 fully saturated rings. The summed E-state index contributed by atoms with van der Waals surface area (Å²) in [4.78, 5) is 14.2. The monoisotopic (exact) mass is 246 g/mol. The molecular formula is C15H22N2O. The van der Waals surface area contributed by atoms with E-state index in [0.717, 1.165) is 19.4 Å². The van der Waals surface area contributed by atoms with Crippen molar-refractivity contribution in [1.29, 1.82) is 0 Å². The Morgan fingerprint density at radius 3 is 2.61 bits per heavy atom. The van der Waals surface area contributed by atoms with Gasteiger partial charge in [-0.15, -0.1) is 0 Å². The van der Waals surface area contributed by atoms with Crippen molar-refractivity contribution in [3.8, 4) is 0 Å². The number of hydrogen-bond donors (Lipinski definition) is 1. The first-order valence-electron chi connectivity index (χ1n) is 6.57. The van der Waals surface area contributed by atoms with Crippen molar-refractivity contribution in [2.45, 2.75) is 38.8 Å². The van der Waals surface area contributed by atoms with Crippen LogP contribution in [-0.2, 0) is 11.3 Å². The third-order valence-electron chi connectivity index (χ3n) is 3.73. The number of likely N-dealkylation sites (N-methyl/N-ethyl adjacent to an activating group) is 1. The molecule has 1 saturated heterocycles. The molecule has 3 heteroatoms. The van der Waals surface area contributed by atoms with Gasteiger partial charge in [-0.2, -0.15) is 0 Å². The molecule has 98 valence electrons. The number of rotatable bonds is 3. The lowest BCUT2D eigenvalue weighted by Crippen LogP contribution is -2.51. The Labute approximate surface area is 109 Å². The molecule has 3 nitrogen and oxygen atoms in total. The SMILES string of the molecule is Cc1ccc(CN(C)C(=O)C2(C)CCCN2)cc1. The normalized spacial score (nSPS) is 23.1. The van der Waals surface area contributed by atoms with E-state index in [0.29, 0.717) is 6.54 Å². The number of hydrogen-bond acceptors (Lipinski definition) is 2. The molecule has 18 heavy (non-hydrogen) atoms. The van der Waals surface area contributed by atoms with Crippen LogP contribution in [0.3, 0.4) is 0 Å². The minimum atomic E-state index is -0.362. The van der Waals surface area contributed by atoms with Crippen molar-refractivity contribution in [3.05, 3.63) is 35.4 Å². The average molecular weight is 246 g/mol. The van der Waals surface area contributed by atoms with E-state index in [1.807, 2.05) is 18.9 Å². The quantitative estimate of drug-likeness (QED) is 0.885. The molecule has 1 N–H and O–H groups in total. The summed E-state index contributed by atoms with van der Waals surface area (Å²) in [5.74, 6) is 0.195. The van der Waals surface area contributed by atoms with Crippen LogP contribution < -0.4 is 5.32 Å². The highest BCUT2D eigenvalue weighted by Gasteiger charge is 2.37. The van der Waals surface area contributed by atoms with E-state index in [9.17, 15) is 4.79 Å². The van der Waals surface area contributed by atoms with Gasteiger partial charge in [0.25, 0.3) is 0 Å². The molecule has 1 aromatic rings. The van der Waals surface area contributed by atoms with E-state index >= 15 is 0 Å². The van der Waals surface area contributed by atoms with E-state index in [4.69, 9.17) is 0 Å². The number of benzene rings is 1. The topological polar surface area (TPSA) is 32.3 Å². The zero-order chi connectivity index (χ0) is 13.2. The van der Waals surface area contributed by atoms with Gasteiger partial charge < -0.3 is 10.2 Å². The first-order chi connectivity index (χ1) is 8.51. The molecule has 2 rings (SSSR count). The van der Waals surface area contributed by atoms with Gasteiger partial charge in [-0.3, -0.25) is 4.79 Å². The second kappa shape index (κ2) is 5.11. The lowest BCUT2D eigenvalue weighted by atomic mass is 9.98. The molecule has 0 radical (unpaired) electrons. The number of amides is 1. The highest BCUT2D eigenvalue weighted by molar-refractivity contribution is 5.86. The summed E-state index contributed by atoms with van der Waals surface area (Å²) in [5, 5.41) is 3.32. The lowest BCUT2D eigenvalue weighted by molar-refractivity contribution is -0.136. The van der Waals surface area contributed by atoms with Gasteiger partial charge in [0.2, 0.25) is 5.91 Å². The Kier molecular flexibility index (Phi) is 3.71. The van der Waals surface area contributed by atoms with Crippen LogP contribution in [0.25, 0.3) is 0 Å². The first kappa shape index (κ1) is 13.1. The number of carbonyl (C=O) groups is 1. The smallest absolute Gasteiger partial charge is 0.242 e. The maximum Gasteiger partial charge on any atom is 0.242 e. The van der Waals surface area contributed by atoms with Crippen molar-refractivity contribution >= 4 is 5.91 Å². The molecule has 1 aliphatic heterocycles. The summed E-state index contributed by atoms with van der Waals surface area (Å²) in [7, 11) is 1.88. The first-order valence-corrected chi connectivity index (χ1v) is 6.57. The van der Waals surface area contributed by atoms with Gasteiger partial charge in [0.05, 0.1) is 5.54 Å². The molecule has 0 spiro atoms. The minimum Gasteiger partial charge on any atom is -0.340 e. The minimum absolute atomic E-state index is 0.195. The van der Waals surface area contributed by atoms with Gasteiger partial charge in [0, 0.05) is 13.6 Å². The second-order valence-corrected chi connectivity index (χ2v) is 5.51. The van der Waals surface area contributed by atoms with E-state index in [2.05, 4.69) is 36.5 Å². The zero-order valence-electron chi connectivity index (χ0n) is 11.5. The van der Waals surface area contributed by atoms with Crippen LogP contribution in [0.4, 0.5) is 0 Å². The van der Waals surface area contributed by atoms with Crippen LogP contribution in [0.15, 0.2) is 24.3 Å². The summed E-state index contributed by atoms with van der Waals surface area (Å²) in [6, 6.07) is 8.35. The van der Waals surface area contributed by atoms with Crippen LogP contribution in [0, 0.1) is 6.92 Å². The highest BCUT2D eigenvalue weighted by atomic mass is 16.2. The van der Waals surface area contributed by atoms with Crippen LogP contribution >= 0.6 is 0 Å². The summed E-state index contributed by atoms with van der Waals surface area (Å²) < 4.78 is 0. The molecule has 1 aromatic carbocycles. The van der Waals surface area contributed by atoms with Crippen molar-refractivity contribution in [2.75, 3.05) is 13.6 Å². The average Bonchev–Trinajstić information content (AvgIpc) is 2.79. The summed E-state index contributed by atoms with van der Waals surface area (Å²) in [5.41, 5.74) is 2.06. The summed E-state index contributed by atoms with van der Waals surface area (Å²) >= 11 is 0. The zero-order valence-corrected chi connectivity index (χ0v) is 11.5. The number of nitrogens with one attached hydrogen (secondary N) is 1. The van der Waals surface area contributed by atoms with E-state index < -0.39 is 0 Å². The third-order valence-corrected chi connectivity index (χ3v) is 3.73. The van der Waals surface area contributed by atoms with E-state index in [-0.39, 0.29) is 11.4 Å².